The Morgan fingerprint density at radius 1 is 1.38 bits per heavy atom. The average molecular weight is 186 g/mol. The van der Waals surface area contributed by atoms with Crippen molar-refractivity contribution in [1.29, 1.82) is 0 Å². The van der Waals surface area contributed by atoms with Crippen LogP contribution in [0.2, 0.25) is 0 Å². The molecule has 0 aromatic heterocycles. The van der Waals surface area contributed by atoms with E-state index in [1.165, 1.54) is 0 Å². The number of nitrogens with zero attached hydrogens (tertiary/aromatic N) is 1. The van der Waals surface area contributed by atoms with Gasteiger partial charge in [0.05, 0.1) is 12.4 Å². The number of carbonyl (C=O) groups excluding carboxylic acids is 1. The molecule has 0 saturated heterocycles. The summed E-state index contributed by atoms with van der Waals surface area (Å²) in [5.41, 5.74) is 0. The molecule has 0 aromatic carbocycles. The number of nitrogens with one attached hydrogen (secondary N) is 1. The lowest BCUT2D eigenvalue weighted by Gasteiger charge is -2.04. The summed E-state index contributed by atoms with van der Waals surface area (Å²) in [6.45, 7) is 7.13. The van der Waals surface area contributed by atoms with Crippen LogP contribution in [0.5, 0.6) is 0 Å². The van der Waals surface area contributed by atoms with Crippen molar-refractivity contribution in [1.82, 2.24) is 5.32 Å². The minimum atomic E-state index is -0.272. The highest BCUT2D eigenvalue weighted by molar-refractivity contribution is 5.84. The number of hydrogen-bond donors (Lipinski definition) is 1. The highest BCUT2D eigenvalue weighted by atomic mass is 16.5. The summed E-state index contributed by atoms with van der Waals surface area (Å²) in [4.78, 5) is 15.0. The molecular weight excluding hydrogens is 168 g/mol. The first-order valence-electron chi connectivity index (χ1n) is 4.67. The number of hydrogen-bond acceptors (Lipinski definition) is 3. The Bertz CT molecular complexity index is 178. The molecule has 0 fully saturated rings. The summed E-state index contributed by atoms with van der Waals surface area (Å²) in [7, 11) is 0. The van der Waals surface area contributed by atoms with E-state index in [4.69, 9.17) is 4.74 Å². The molecule has 13 heavy (non-hydrogen) atoms. The van der Waals surface area contributed by atoms with Gasteiger partial charge in [0.1, 0.15) is 6.54 Å². The fourth-order valence-corrected chi connectivity index (χ4v) is 0.863. The molecule has 0 radical (unpaired) electrons. The van der Waals surface area contributed by atoms with Gasteiger partial charge in [0.25, 0.3) is 0 Å². The number of ether oxygens (including phenoxy) is 1. The van der Waals surface area contributed by atoms with Crippen molar-refractivity contribution in [2.24, 2.45) is 4.99 Å². The summed E-state index contributed by atoms with van der Waals surface area (Å²) in [6.07, 6.45) is 0.813. The van der Waals surface area contributed by atoms with Crippen LogP contribution in [0.4, 0.5) is 0 Å². The first-order chi connectivity index (χ1) is 6.24. The maximum absolute atomic E-state index is 10.9. The van der Waals surface area contributed by atoms with Crippen LogP contribution >= 0.6 is 0 Å². The van der Waals surface area contributed by atoms with Crippen LogP contribution in [0.25, 0.3) is 0 Å². The van der Waals surface area contributed by atoms with Gasteiger partial charge in [-0.2, -0.15) is 0 Å². The summed E-state index contributed by atoms with van der Waals surface area (Å²) in [5, 5.41) is 3.07. The second kappa shape index (κ2) is 7.58. The smallest absolute Gasteiger partial charge is 0.327 e. The molecule has 1 N–H and O–H groups in total. The molecule has 0 unspecified atom stereocenters. The Hall–Kier alpha value is -1.06. The summed E-state index contributed by atoms with van der Waals surface area (Å²) in [6, 6.07) is 0. The monoisotopic (exact) mass is 186 g/mol. The largest absolute Gasteiger partial charge is 0.465 e. The molecule has 0 aliphatic heterocycles. The normalized spacial score (nSPS) is 11.2. The van der Waals surface area contributed by atoms with Crippen LogP contribution in [0.15, 0.2) is 4.99 Å². The second-order valence-electron chi connectivity index (χ2n) is 2.45. The molecule has 0 heterocycles. The summed E-state index contributed by atoms with van der Waals surface area (Å²) < 4.78 is 4.74. The Morgan fingerprint density at radius 2 is 2.08 bits per heavy atom. The fourth-order valence-electron chi connectivity index (χ4n) is 0.863. The predicted molar refractivity (Wildman–Crippen MR) is 52.9 cm³/mol. The van der Waals surface area contributed by atoms with E-state index >= 15 is 0 Å². The third-order valence-electron chi connectivity index (χ3n) is 1.42. The number of esters is 1. The SMILES string of the molecule is CCNC(CC)=NCC(=O)OCC. The molecule has 0 rings (SSSR count). The standard InChI is InChI=1S/C9H18N2O2/c1-4-8(10-5-2)11-7-9(12)13-6-3/h4-7H2,1-3H3,(H,10,11). The zero-order valence-corrected chi connectivity index (χ0v) is 8.59. The quantitative estimate of drug-likeness (QED) is 0.395. The number of amidine groups is 1. The van der Waals surface area contributed by atoms with Crippen molar-refractivity contribution in [2.75, 3.05) is 19.7 Å². The molecular formula is C9H18N2O2. The van der Waals surface area contributed by atoms with Crippen LogP contribution in [0, 0.1) is 0 Å². The van der Waals surface area contributed by atoms with Gasteiger partial charge in [-0.1, -0.05) is 6.92 Å². The van der Waals surface area contributed by atoms with E-state index in [1.54, 1.807) is 6.92 Å². The van der Waals surface area contributed by atoms with Gasteiger partial charge in [-0.15, -0.1) is 0 Å². The second-order valence-corrected chi connectivity index (χ2v) is 2.45. The van der Waals surface area contributed by atoms with Crippen molar-refractivity contribution in [2.45, 2.75) is 27.2 Å². The molecule has 0 saturated carbocycles. The van der Waals surface area contributed by atoms with Gasteiger partial charge in [0, 0.05) is 13.0 Å². The van der Waals surface area contributed by atoms with Crippen LogP contribution in [-0.4, -0.2) is 31.5 Å². The fraction of sp³-hybridized carbons (Fsp3) is 0.778. The molecule has 0 spiro atoms. The first kappa shape index (κ1) is 11.9. The highest BCUT2D eigenvalue weighted by Crippen LogP contribution is 1.85. The van der Waals surface area contributed by atoms with Gasteiger partial charge < -0.3 is 10.1 Å². The van der Waals surface area contributed by atoms with E-state index in [0.29, 0.717) is 6.61 Å². The molecule has 4 heteroatoms. The van der Waals surface area contributed by atoms with Gasteiger partial charge in [-0.25, -0.2) is 0 Å². The third-order valence-corrected chi connectivity index (χ3v) is 1.42. The molecule has 0 atom stereocenters. The highest BCUT2D eigenvalue weighted by Gasteiger charge is 1.99. The number of rotatable bonds is 5. The Balaban J connectivity index is 3.83. The van der Waals surface area contributed by atoms with Crippen LogP contribution in [0.3, 0.4) is 0 Å². The van der Waals surface area contributed by atoms with Crippen molar-refractivity contribution in [3.8, 4) is 0 Å². The summed E-state index contributed by atoms with van der Waals surface area (Å²) in [5.74, 6) is 0.585. The number of carbonyl (C=O) groups is 1. The molecule has 0 aliphatic carbocycles. The van der Waals surface area contributed by atoms with Gasteiger partial charge in [0.15, 0.2) is 0 Å². The van der Waals surface area contributed by atoms with Crippen LogP contribution < -0.4 is 5.32 Å². The van der Waals surface area contributed by atoms with Crippen LogP contribution in [0.1, 0.15) is 27.2 Å². The third kappa shape index (κ3) is 6.13. The van der Waals surface area contributed by atoms with Crippen molar-refractivity contribution >= 4 is 11.8 Å². The van der Waals surface area contributed by atoms with E-state index in [-0.39, 0.29) is 12.5 Å². The maximum atomic E-state index is 10.9. The zero-order chi connectivity index (χ0) is 10.1. The molecule has 4 nitrogen and oxygen atoms in total. The maximum Gasteiger partial charge on any atom is 0.327 e. The van der Waals surface area contributed by atoms with E-state index in [2.05, 4.69) is 10.3 Å². The molecule has 0 aromatic rings. The van der Waals surface area contributed by atoms with Gasteiger partial charge in [-0.05, 0) is 13.8 Å². The number of aliphatic imine (C=N–C) groups is 1. The van der Waals surface area contributed by atoms with Crippen molar-refractivity contribution < 1.29 is 9.53 Å². The Kier molecular flexibility index (Phi) is 6.96. The lowest BCUT2D eigenvalue weighted by molar-refractivity contribution is -0.141. The van der Waals surface area contributed by atoms with E-state index in [9.17, 15) is 4.79 Å². The lowest BCUT2D eigenvalue weighted by atomic mass is 10.4. The van der Waals surface area contributed by atoms with Gasteiger partial charge in [0.2, 0.25) is 0 Å². The zero-order valence-electron chi connectivity index (χ0n) is 8.59. The van der Waals surface area contributed by atoms with E-state index < -0.39 is 0 Å². The minimum absolute atomic E-state index is 0.115. The van der Waals surface area contributed by atoms with Crippen LogP contribution in [-0.2, 0) is 9.53 Å². The minimum Gasteiger partial charge on any atom is -0.465 e. The van der Waals surface area contributed by atoms with Gasteiger partial charge in [-0.3, -0.25) is 9.79 Å². The Labute approximate surface area is 79.4 Å². The molecule has 0 aliphatic rings. The average Bonchev–Trinajstić information content (AvgIpc) is 2.12. The van der Waals surface area contributed by atoms with E-state index in [1.807, 2.05) is 13.8 Å². The van der Waals surface area contributed by atoms with E-state index in [0.717, 1.165) is 18.8 Å². The van der Waals surface area contributed by atoms with Crippen molar-refractivity contribution in [3.05, 3.63) is 0 Å². The summed E-state index contributed by atoms with van der Waals surface area (Å²) >= 11 is 0. The lowest BCUT2D eigenvalue weighted by Crippen LogP contribution is -2.23. The van der Waals surface area contributed by atoms with Crippen molar-refractivity contribution in [3.63, 3.8) is 0 Å². The molecule has 0 amide bonds. The topological polar surface area (TPSA) is 50.7 Å². The predicted octanol–water partition coefficient (Wildman–Crippen LogP) is 0.968. The molecule has 0 bridgehead atoms. The first-order valence-corrected chi connectivity index (χ1v) is 4.67. The Morgan fingerprint density at radius 3 is 2.54 bits per heavy atom. The van der Waals surface area contributed by atoms with Gasteiger partial charge >= 0.3 is 5.97 Å². The molecule has 76 valence electrons.